The Kier molecular flexibility index (Phi) is 4.95. The van der Waals surface area contributed by atoms with E-state index in [0.717, 1.165) is 22.5 Å². The van der Waals surface area contributed by atoms with Gasteiger partial charge in [0.1, 0.15) is 0 Å². The van der Waals surface area contributed by atoms with Gasteiger partial charge in [-0.3, -0.25) is 4.79 Å². The predicted octanol–water partition coefficient (Wildman–Crippen LogP) is 2.85. The Morgan fingerprint density at radius 1 is 1.05 bits per heavy atom. The number of nitrogens with one attached hydrogen (secondary N) is 2. The molecule has 1 amide bonds. The van der Waals surface area contributed by atoms with Gasteiger partial charge in [-0.15, -0.1) is 0 Å². The highest BCUT2D eigenvalue weighted by Crippen LogP contribution is 2.14. The Balaban J connectivity index is 1.91. The van der Waals surface area contributed by atoms with Crippen molar-refractivity contribution >= 4 is 17.3 Å². The molecule has 110 valence electrons. The van der Waals surface area contributed by atoms with E-state index in [2.05, 4.69) is 10.6 Å². The number of anilines is 2. The second kappa shape index (κ2) is 6.90. The fraction of sp³-hybridized carbons (Fsp3) is 0.235. The number of rotatable bonds is 5. The molecule has 0 spiro atoms. The molecule has 4 heteroatoms. The Morgan fingerprint density at radius 3 is 2.57 bits per heavy atom. The number of hydrogen-bond donors (Lipinski definition) is 3. The molecule has 0 aliphatic heterocycles. The van der Waals surface area contributed by atoms with Crippen LogP contribution in [0, 0.1) is 13.8 Å². The van der Waals surface area contributed by atoms with Crippen molar-refractivity contribution in [2.45, 2.75) is 20.5 Å². The number of aryl methyl sites for hydroxylation is 2. The minimum atomic E-state index is -0.104. The van der Waals surface area contributed by atoms with Gasteiger partial charge in [-0.25, -0.2) is 0 Å². The van der Waals surface area contributed by atoms with Crippen LogP contribution in [0.3, 0.4) is 0 Å². The molecule has 0 heterocycles. The van der Waals surface area contributed by atoms with Crippen LogP contribution in [0.5, 0.6) is 0 Å². The monoisotopic (exact) mass is 284 g/mol. The van der Waals surface area contributed by atoms with Crippen molar-refractivity contribution in [3.05, 3.63) is 59.2 Å². The van der Waals surface area contributed by atoms with Gasteiger partial charge in [-0.1, -0.05) is 18.2 Å². The quantitative estimate of drug-likeness (QED) is 0.791. The third-order valence-corrected chi connectivity index (χ3v) is 3.35. The molecule has 0 unspecified atom stereocenters. The van der Waals surface area contributed by atoms with Crippen molar-refractivity contribution in [3.8, 4) is 0 Å². The van der Waals surface area contributed by atoms with Crippen LogP contribution in [0.1, 0.15) is 16.7 Å². The van der Waals surface area contributed by atoms with Crippen molar-refractivity contribution in [1.29, 1.82) is 0 Å². The van der Waals surface area contributed by atoms with Crippen LogP contribution in [0.25, 0.3) is 0 Å². The van der Waals surface area contributed by atoms with Crippen molar-refractivity contribution < 1.29 is 9.90 Å². The van der Waals surface area contributed by atoms with E-state index in [0.29, 0.717) is 0 Å². The SMILES string of the molecule is Cc1ccc(NC(=O)CNc2cccc(CO)c2)cc1C. The average Bonchev–Trinajstić information content (AvgIpc) is 2.49. The lowest BCUT2D eigenvalue weighted by Crippen LogP contribution is -2.21. The van der Waals surface area contributed by atoms with Crippen molar-refractivity contribution in [2.24, 2.45) is 0 Å². The van der Waals surface area contributed by atoms with E-state index in [9.17, 15) is 4.79 Å². The summed E-state index contributed by atoms with van der Waals surface area (Å²) in [6.45, 7) is 4.23. The first-order chi connectivity index (χ1) is 10.1. The molecule has 2 aromatic carbocycles. The van der Waals surface area contributed by atoms with E-state index in [-0.39, 0.29) is 19.1 Å². The van der Waals surface area contributed by atoms with Crippen molar-refractivity contribution in [3.63, 3.8) is 0 Å². The number of benzene rings is 2. The highest BCUT2D eigenvalue weighted by Gasteiger charge is 2.03. The zero-order valence-electron chi connectivity index (χ0n) is 12.3. The van der Waals surface area contributed by atoms with Gasteiger partial charge in [-0.05, 0) is 54.8 Å². The molecule has 0 bridgehead atoms. The van der Waals surface area contributed by atoms with Crippen LogP contribution in [-0.4, -0.2) is 17.6 Å². The van der Waals surface area contributed by atoms with Crippen LogP contribution in [0.15, 0.2) is 42.5 Å². The van der Waals surface area contributed by atoms with E-state index >= 15 is 0 Å². The van der Waals surface area contributed by atoms with E-state index in [4.69, 9.17) is 5.11 Å². The molecule has 0 fully saturated rings. The average molecular weight is 284 g/mol. The van der Waals surface area contributed by atoms with Crippen LogP contribution < -0.4 is 10.6 Å². The summed E-state index contributed by atoms with van der Waals surface area (Å²) in [6.07, 6.45) is 0. The number of hydrogen-bond acceptors (Lipinski definition) is 3. The standard InChI is InChI=1S/C17H20N2O2/c1-12-6-7-16(8-13(12)2)19-17(21)10-18-15-5-3-4-14(9-15)11-20/h3-9,18,20H,10-11H2,1-2H3,(H,19,21). The molecule has 2 aromatic rings. The van der Waals surface area contributed by atoms with Gasteiger partial charge in [0, 0.05) is 11.4 Å². The van der Waals surface area contributed by atoms with E-state index in [1.165, 1.54) is 5.56 Å². The Morgan fingerprint density at radius 2 is 1.86 bits per heavy atom. The van der Waals surface area contributed by atoms with Gasteiger partial charge < -0.3 is 15.7 Å². The summed E-state index contributed by atoms with van der Waals surface area (Å²) >= 11 is 0. The third-order valence-electron chi connectivity index (χ3n) is 3.35. The minimum Gasteiger partial charge on any atom is -0.392 e. The first-order valence-corrected chi connectivity index (χ1v) is 6.89. The van der Waals surface area contributed by atoms with Crippen LogP contribution in [0.2, 0.25) is 0 Å². The molecule has 0 aromatic heterocycles. The lowest BCUT2D eigenvalue weighted by atomic mass is 10.1. The van der Waals surface area contributed by atoms with Gasteiger partial charge >= 0.3 is 0 Å². The van der Waals surface area contributed by atoms with E-state index < -0.39 is 0 Å². The lowest BCUT2D eigenvalue weighted by Gasteiger charge is -2.10. The molecule has 2 rings (SSSR count). The Bertz CT molecular complexity index is 638. The number of aliphatic hydroxyl groups excluding tert-OH is 1. The maximum atomic E-state index is 11.9. The molecule has 0 aliphatic carbocycles. The largest absolute Gasteiger partial charge is 0.392 e. The molecule has 0 atom stereocenters. The van der Waals surface area contributed by atoms with E-state index in [1.807, 2.05) is 56.3 Å². The highest BCUT2D eigenvalue weighted by atomic mass is 16.3. The summed E-state index contributed by atoms with van der Waals surface area (Å²) in [5.74, 6) is -0.104. The molecule has 0 aliphatic rings. The second-order valence-electron chi connectivity index (χ2n) is 5.06. The predicted molar refractivity (Wildman–Crippen MR) is 85.4 cm³/mol. The first-order valence-electron chi connectivity index (χ1n) is 6.89. The highest BCUT2D eigenvalue weighted by molar-refractivity contribution is 5.93. The minimum absolute atomic E-state index is 0.00956. The van der Waals surface area contributed by atoms with Crippen molar-refractivity contribution in [1.82, 2.24) is 0 Å². The summed E-state index contributed by atoms with van der Waals surface area (Å²) in [4.78, 5) is 11.9. The van der Waals surface area contributed by atoms with Crippen molar-refractivity contribution in [2.75, 3.05) is 17.2 Å². The van der Waals surface area contributed by atoms with Crippen LogP contribution in [0.4, 0.5) is 11.4 Å². The summed E-state index contributed by atoms with van der Waals surface area (Å²) in [6, 6.07) is 13.2. The molecule has 4 nitrogen and oxygen atoms in total. The molecular weight excluding hydrogens is 264 g/mol. The second-order valence-corrected chi connectivity index (χ2v) is 5.06. The summed E-state index contributed by atoms with van der Waals surface area (Å²) < 4.78 is 0. The summed E-state index contributed by atoms with van der Waals surface area (Å²) in [7, 11) is 0. The zero-order valence-corrected chi connectivity index (χ0v) is 12.3. The van der Waals surface area contributed by atoms with Gasteiger partial charge in [0.05, 0.1) is 13.2 Å². The fourth-order valence-corrected chi connectivity index (χ4v) is 1.99. The fourth-order valence-electron chi connectivity index (χ4n) is 1.99. The van der Waals surface area contributed by atoms with Gasteiger partial charge in [0.25, 0.3) is 0 Å². The van der Waals surface area contributed by atoms with Crippen LogP contribution in [-0.2, 0) is 11.4 Å². The van der Waals surface area contributed by atoms with Crippen LogP contribution >= 0.6 is 0 Å². The lowest BCUT2D eigenvalue weighted by molar-refractivity contribution is -0.114. The molecular formula is C17H20N2O2. The smallest absolute Gasteiger partial charge is 0.243 e. The van der Waals surface area contributed by atoms with Gasteiger partial charge in [-0.2, -0.15) is 0 Å². The Hall–Kier alpha value is -2.33. The van der Waals surface area contributed by atoms with E-state index in [1.54, 1.807) is 0 Å². The summed E-state index contributed by atoms with van der Waals surface area (Å²) in [5.41, 5.74) is 4.78. The normalized spacial score (nSPS) is 10.2. The zero-order chi connectivity index (χ0) is 15.2. The number of amides is 1. The molecule has 0 radical (unpaired) electrons. The molecule has 3 N–H and O–H groups in total. The number of carbonyl (C=O) groups is 1. The molecule has 0 saturated heterocycles. The maximum absolute atomic E-state index is 11.9. The number of aliphatic hydroxyl groups is 1. The first kappa shape index (κ1) is 15.1. The topological polar surface area (TPSA) is 61.4 Å². The molecule has 21 heavy (non-hydrogen) atoms. The molecule has 0 saturated carbocycles. The van der Waals surface area contributed by atoms with Gasteiger partial charge in [0.15, 0.2) is 0 Å². The van der Waals surface area contributed by atoms with Gasteiger partial charge in [0.2, 0.25) is 5.91 Å². The third kappa shape index (κ3) is 4.33. The maximum Gasteiger partial charge on any atom is 0.243 e. The Labute approximate surface area is 124 Å². The summed E-state index contributed by atoms with van der Waals surface area (Å²) in [5, 5.41) is 15.0. The number of carbonyl (C=O) groups excluding carboxylic acids is 1.